The second-order valence-electron chi connectivity index (χ2n) is 6.11. The Labute approximate surface area is 135 Å². The van der Waals surface area contributed by atoms with Crippen LogP contribution in [-0.4, -0.2) is 29.8 Å². The van der Waals surface area contributed by atoms with E-state index in [0.29, 0.717) is 18.5 Å². The quantitative estimate of drug-likeness (QED) is 0.617. The van der Waals surface area contributed by atoms with E-state index in [1.807, 2.05) is 18.2 Å². The van der Waals surface area contributed by atoms with Crippen LogP contribution in [0, 0.1) is 0 Å². The minimum atomic E-state index is -0.719. The SMILES string of the molecule is CC(C)(C)OC(=O)N1c2ccccc2CCC1C(=O)OCCl. The van der Waals surface area contributed by atoms with Crippen molar-refractivity contribution in [3.63, 3.8) is 0 Å². The number of nitrogens with zero attached hydrogens (tertiary/aromatic N) is 1. The summed E-state index contributed by atoms with van der Waals surface area (Å²) in [6.07, 6.45) is 0.611. The number of carbonyl (C=O) groups excluding carboxylic acids is 2. The lowest BCUT2D eigenvalue weighted by Gasteiger charge is -2.36. The van der Waals surface area contributed by atoms with E-state index in [1.165, 1.54) is 4.90 Å². The van der Waals surface area contributed by atoms with Crippen LogP contribution in [0.3, 0.4) is 0 Å². The zero-order valence-electron chi connectivity index (χ0n) is 13.0. The molecule has 1 aliphatic heterocycles. The van der Waals surface area contributed by atoms with Gasteiger partial charge in [-0.1, -0.05) is 29.8 Å². The maximum absolute atomic E-state index is 12.6. The summed E-state index contributed by atoms with van der Waals surface area (Å²) in [4.78, 5) is 26.1. The Bertz CT molecular complexity index is 568. The summed E-state index contributed by atoms with van der Waals surface area (Å²) in [7, 11) is 0. The molecule has 0 saturated carbocycles. The largest absolute Gasteiger partial charge is 0.448 e. The Morgan fingerprint density at radius 2 is 2.00 bits per heavy atom. The van der Waals surface area contributed by atoms with Crippen LogP contribution in [-0.2, 0) is 20.7 Å². The van der Waals surface area contributed by atoms with Crippen LogP contribution in [0.5, 0.6) is 0 Å². The first-order valence-corrected chi connectivity index (χ1v) is 7.69. The average Bonchev–Trinajstić information content (AvgIpc) is 2.44. The molecular formula is C16H20ClNO4. The topological polar surface area (TPSA) is 55.8 Å². The number of fused-ring (bicyclic) bond motifs is 1. The number of hydrogen-bond donors (Lipinski definition) is 0. The molecule has 1 amide bonds. The molecule has 0 spiro atoms. The van der Waals surface area contributed by atoms with Crippen LogP contribution in [0.4, 0.5) is 10.5 Å². The molecule has 1 atom stereocenters. The Balaban J connectivity index is 2.36. The third kappa shape index (κ3) is 3.71. The van der Waals surface area contributed by atoms with E-state index in [4.69, 9.17) is 21.1 Å². The van der Waals surface area contributed by atoms with Crippen molar-refractivity contribution in [1.82, 2.24) is 0 Å². The highest BCUT2D eigenvalue weighted by Crippen LogP contribution is 2.32. The molecular weight excluding hydrogens is 306 g/mol. The molecule has 0 radical (unpaired) electrons. The summed E-state index contributed by atoms with van der Waals surface area (Å²) in [5.74, 6) is -0.518. The van der Waals surface area contributed by atoms with Crippen LogP contribution in [0.15, 0.2) is 24.3 Å². The zero-order valence-corrected chi connectivity index (χ0v) is 13.7. The minimum absolute atomic E-state index is 0.237. The Kier molecular flexibility index (Phi) is 4.96. The molecule has 6 heteroatoms. The van der Waals surface area contributed by atoms with Crippen LogP contribution in [0.25, 0.3) is 0 Å². The van der Waals surface area contributed by atoms with Gasteiger partial charge in [-0.3, -0.25) is 4.90 Å². The van der Waals surface area contributed by atoms with Crippen molar-refractivity contribution in [1.29, 1.82) is 0 Å². The minimum Gasteiger partial charge on any atom is -0.448 e. The van der Waals surface area contributed by atoms with Crippen molar-refractivity contribution >= 4 is 29.4 Å². The molecule has 1 aromatic carbocycles. The number of halogens is 1. The number of esters is 1. The molecule has 120 valence electrons. The number of carbonyl (C=O) groups is 2. The van der Waals surface area contributed by atoms with Gasteiger partial charge in [0, 0.05) is 0 Å². The monoisotopic (exact) mass is 325 g/mol. The van der Waals surface area contributed by atoms with E-state index in [2.05, 4.69) is 0 Å². The highest BCUT2D eigenvalue weighted by Gasteiger charge is 2.38. The number of para-hydroxylation sites is 1. The van der Waals surface area contributed by atoms with Crippen molar-refractivity contribution in [3.8, 4) is 0 Å². The molecule has 0 aromatic heterocycles. The molecule has 2 rings (SSSR count). The van der Waals surface area contributed by atoms with Gasteiger partial charge in [0.1, 0.15) is 11.6 Å². The number of aryl methyl sites for hydroxylation is 1. The third-order valence-electron chi connectivity index (χ3n) is 3.31. The predicted molar refractivity (Wildman–Crippen MR) is 84.1 cm³/mol. The van der Waals surface area contributed by atoms with Gasteiger partial charge in [0.15, 0.2) is 6.07 Å². The van der Waals surface area contributed by atoms with Gasteiger partial charge in [-0.15, -0.1) is 0 Å². The van der Waals surface area contributed by atoms with Crippen LogP contribution in [0.2, 0.25) is 0 Å². The molecule has 1 aromatic rings. The van der Waals surface area contributed by atoms with E-state index >= 15 is 0 Å². The molecule has 1 heterocycles. The fourth-order valence-corrected chi connectivity index (χ4v) is 2.56. The molecule has 5 nitrogen and oxygen atoms in total. The van der Waals surface area contributed by atoms with Gasteiger partial charge >= 0.3 is 12.1 Å². The van der Waals surface area contributed by atoms with E-state index < -0.39 is 23.7 Å². The maximum atomic E-state index is 12.6. The standard InChI is InChI=1S/C16H20ClNO4/c1-16(2,3)22-15(20)18-12-7-5-4-6-11(12)8-9-13(18)14(19)21-10-17/h4-7,13H,8-10H2,1-3H3. The second kappa shape index (κ2) is 6.57. The normalized spacial score (nSPS) is 17.6. The second-order valence-corrected chi connectivity index (χ2v) is 6.32. The van der Waals surface area contributed by atoms with Crippen molar-refractivity contribution < 1.29 is 19.1 Å². The van der Waals surface area contributed by atoms with Gasteiger partial charge in [0.2, 0.25) is 0 Å². The lowest BCUT2D eigenvalue weighted by molar-refractivity contribution is -0.143. The smallest absolute Gasteiger partial charge is 0.415 e. The van der Waals surface area contributed by atoms with Crippen molar-refractivity contribution in [2.75, 3.05) is 11.0 Å². The Morgan fingerprint density at radius 1 is 1.32 bits per heavy atom. The van der Waals surface area contributed by atoms with Gasteiger partial charge in [-0.2, -0.15) is 0 Å². The summed E-state index contributed by atoms with van der Waals surface area (Å²) in [5.41, 5.74) is 1.03. The summed E-state index contributed by atoms with van der Waals surface area (Å²) in [5, 5.41) is 0. The van der Waals surface area contributed by atoms with E-state index in [0.717, 1.165) is 5.56 Å². The van der Waals surface area contributed by atoms with Gasteiger partial charge in [0.05, 0.1) is 5.69 Å². The first-order valence-electron chi connectivity index (χ1n) is 7.16. The average molecular weight is 326 g/mol. The first kappa shape index (κ1) is 16.6. The zero-order chi connectivity index (χ0) is 16.3. The van der Waals surface area contributed by atoms with Gasteiger partial charge < -0.3 is 9.47 Å². The number of hydrogen-bond acceptors (Lipinski definition) is 4. The summed E-state index contributed by atoms with van der Waals surface area (Å²) >= 11 is 5.47. The number of rotatable bonds is 2. The molecule has 22 heavy (non-hydrogen) atoms. The van der Waals surface area contributed by atoms with E-state index in [-0.39, 0.29) is 6.07 Å². The fourth-order valence-electron chi connectivity index (χ4n) is 2.46. The molecule has 0 N–H and O–H groups in total. The number of anilines is 1. The molecule has 1 unspecified atom stereocenters. The predicted octanol–water partition coefficient (Wildman–Crippen LogP) is 3.48. The summed E-state index contributed by atoms with van der Waals surface area (Å²) in [6.45, 7) is 5.35. The summed E-state index contributed by atoms with van der Waals surface area (Å²) < 4.78 is 10.3. The first-order chi connectivity index (χ1) is 10.3. The highest BCUT2D eigenvalue weighted by molar-refractivity contribution is 6.17. The molecule has 0 fully saturated rings. The van der Waals surface area contributed by atoms with Crippen molar-refractivity contribution in [3.05, 3.63) is 29.8 Å². The van der Waals surface area contributed by atoms with Crippen molar-refractivity contribution in [2.45, 2.75) is 45.3 Å². The lowest BCUT2D eigenvalue weighted by Crippen LogP contribution is -2.50. The lowest BCUT2D eigenvalue weighted by atomic mass is 9.96. The molecule has 0 aliphatic carbocycles. The van der Waals surface area contributed by atoms with Gasteiger partial charge in [-0.05, 0) is 45.2 Å². The maximum Gasteiger partial charge on any atom is 0.415 e. The molecule has 0 saturated heterocycles. The Morgan fingerprint density at radius 3 is 2.64 bits per heavy atom. The van der Waals surface area contributed by atoms with Gasteiger partial charge in [0.25, 0.3) is 0 Å². The van der Waals surface area contributed by atoms with E-state index in [9.17, 15) is 9.59 Å². The van der Waals surface area contributed by atoms with Gasteiger partial charge in [-0.25, -0.2) is 9.59 Å². The van der Waals surface area contributed by atoms with Crippen LogP contribution in [0.1, 0.15) is 32.8 Å². The number of ether oxygens (including phenoxy) is 2. The number of benzene rings is 1. The number of amides is 1. The van der Waals surface area contributed by atoms with Crippen molar-refractivity contribution in [2.24, 2.45) is 0 Å². The molecule has 1 aliphatic rings. The fraction of sp³-hybridized carbons (Fsp3) is 0.500. The number of alkyl halides is 1. The van der Waals surface area contributed by atoms with Crippen LogP contribution >= 0.6 is 11.6 Å². The van der Waals surface area contributed by atoms with Crippen LogP contribution < -0.4 is 4.90 Å². The summed E-state index contributed by atoms with van der Waals surface area (Å²) in [6, 6.07) is 6.52. The van der Waals surface area contributed by atoms with E-state index in [1.54, 1.807) is 26.8 Å². The Hall–Kier alpha value is -1.75. The third-order valence-corrected chi connectivity index (χ3v) is 3.42. The highest BCUT2D eigenvalue weighted by atomic mass is 35.5. The molecule has 0 bridgehead atoms.